The summed E-state index contributed by atoms with van der Waals surface area (Å²) in [7, 11) is 1.50. The maximum Gasteiger partial charge on any atom is 0.294 e. The van der Waals surface area contributed by atoms with E-state index in [1.807, 2.05) is 0 Å². The molecule has 0 bridgehead atoms. The van der Waals surface area contributed by atoms with Crippen molar-refractivity contribution < 1.29 is 9.72 Å². The maximum atomic E-state index is 11.6. The normalized spacial score (nSPS) is 10.2. The van der Waals surface area contributed by atoms with E-state index in [-0.39, 0.29) is 17.3 Å². The topological polar surface area (TPSA) is 90.1 Å². The molecule has 98 valence electrons. The van der Waals surface area contributed by atoms with Crippen molar-refractivity contribution in [1.29, 1.82) is 0 Å². The van der Waals surface area contributed by atoms with Gasteiger partial charge in [0.05, 0.1) is 14.7 Å². The van der Waals surface area contributed by atoms with Gasteiger partial charge < -0.3 is 5.32 Å². The zero-order chi connectivity index (χ0) is 14.0. The molecule has 0 aliphatic rings. The number of nitrogens with zero attached hydrogens (tertiary/aromatic N) is 3. The van der Waals surface area contributed by atoms with Crippen LogP contribution >= 0.6 is 22.6 Å². The third kappa shape index (κ3) is 2.72. The van der Waals surface area contributed by atoms with Crippen molar-refractivity contribution in [3.05, 3.63) is 49.8 Å². The second-order valence-electron chi connectivity index (χ2n) is 3.64. The highest BCUT2D eigenvalue weighted by Crippen LogP contribution is 2.24. The van der Waals surface area contributed by atoms with Crippen LogP contribution in [0.15, 0.2) is 30.6 Å². The van der Waals surface area contributed by atoms with Crippen molar-refractivity contribution in [2.45, 2.75) is 0 Å². The molecule has 1 aromatic heterocycles. The van der Waals surface area contributed by atoms with E-state index in [2.05, 4.69) is 33.0 Å². The van der Waals surface area contributed by atoms with E-state index in [4.69, 9.17) is 0 Å². The smallest absolute Gasteiger partial charge is 0.294 e. The van der Waals surface area contributed by atoms with Crippen LogP contribution in [-0.2, 0) is 0 Å². The quantitative estimate of drug-likeness (QED) is 0.505. The summed E-state index contributed by atoms with van der Waals surface area (Å²) >= 11 is 2.05. The van der Waals surface area contributed by atoms with Crippen LogP contribution in [-0.4, -0.2) is 27.7 Å². The SMILES string of the molecule is CNC(=O)c1ccc([N+](=O)[O-])c(-n2cc(I)cn2)c1. The van der Waals surface area contributed by atoms with Gasteiger partial charge in [-0.15, -0.1) is 0 Å². The third-order valence-electron chi connectivity index (χ3n) is 2.46. The summed E-state index contributed by atoms with van der Waals surface area (Å²) in [5.74, 6) is -0.307. The molecule has 0 fully saturated rings. The Kier molecular flexibility index (Phi) is 3.79. The van der Waals surface area contributed by atoms with Crippen LogP contribution in [0.4, 0.5) is 5.69 Å². The first-order valence-corrected chi connectivity index (χ1v) is 6.32. The highest BCUT2D eigenvalue weighted by atomic mass is 127. The number of hydrogen-bond donors (Lipinski definition) is 1. The Hall–Kier alpha value is -1.97. The van der Waals surface area contributed by atoms with Crippen LogP contribution in [0.5, 0.6) is 0 Å². The molecule has 2 rings (SSSR count). The van der Waals surface area contributed by atoms with Crippen LogP contribution in [0.2, 0.25) is 0 Å². The van der Waals surface area contributed by atoms with Crippen LogP contribution in [0.3, 0.4) is 0 Å². The van der Waals surface area contributed by atoms with Gasteiger partial charge in [-0.1, -0.05) is 0 Å². The fraction of sp³-hybridized carbons (Fsp3) is 0.0909. The molecule has 1 N–H and O–H groups in total. The minimum Gasteiger partial charge on any atom is -0.355 e. The maximum absolute atomic E-state index is 11.6. The van der Waals surface area contributed by atoms with Gasteiger partial charge in [-0.2, -0.15) is 5.10 Å². The fourth-order valence-electron chi connectivity index (χ4n) is 1.58. The number of nitro benzene ring substituents is 1. The van der Waals surface area contributed by atoms with E-state index in [0.717, 1.165) is 3.57 Å². The van der Waals surface area contributed by atoms with E-state index in [0.29, 0.717) is 5.56 Å². The molecule has 1 aromatic carbocycles. The average molecular weight is 372 g/mol. The van der Waals surface area contributed by atoms with Crippen molar-refractivity contribution in [1.82, 2.24) is 15.1 Å². The summed E-state index contributed by atoms with van der Waals surface area (Å²) in [5, 5.41) is 17.5. The molecule has 0 unspecified atom stereocenters. The number of aromatic nitrogens is 2. The molecule has 1 amide bonds. The van der Waals surface area contributed by atoms with Crippen LogP contribution in [0, 0.1) is 13.7 Å². The second-order valence-corrected chi connectivity index (χ2v) is 4.89. The van der Waals surface area contributed by atoms with Crippen molar-refractivity contribution in [3.63, 3.8) is 0 Å². The number of hydrogen-bond acceptors (Lipinski definition) is 4. The lowest BCUT2D eigenvalue weighted by Gasteiger charge is -2.05. The molecular weight excluding hydrogens is 363 g/mol. The molecule has 0 spiro atoms. The average Bonchev–Trinajstić information content (AvgIpc) is 2.83. The van der Waals surface area contributed by atoms with Gasteiger partial charge in [0.1, 0.15) is 5.69 Å². The third-order valence-corrected chi connectivity index (χ3v) is 3.02. The zero-order valence-corrected chi connectivity index (χ0v) is 12.0. The molecule has 0 atom stereocenters. The number of carbonyl (C=O) groups is 1. The van der Waals surface area contributed by atoms with Gasteiger partial charge >= 0.3 is 0 Å². The highest BCUT2D eigenvalue weighted by Gasteiger charge is 2.18. The van der Waals surface area contributed by atoms with Crippen LogP contribution in [0.1, 0.15) is 10.4 Å². The van der Waals surface area contributed by atoms with Gasteiger partial charge in [-0.05, 0) is 34.7 Å². The van der Waals surface area contributed by atoms with Gasteiger partial charge in [-0.25, -0.2) is 4.68 Å². The van der Waals surface area contributed by atoms with Crippen molar-refractivity contribution in [3.8, 4) is 5.69 Å². The van der Waals surface area contributed by atoms with E-state index < -0.39 is 4.92 Å². The van der Waals surface area contributed by atoms with Crippen molar-refractivity contribution in [2.24, 2.45) is 0 Å². The number of halogens is 1. The number of nitro groups is 1. The Bertz CT molecular complexity index is 653. The van der Waals surface area contributed by atoms with E-state index in [1.165, 1.54) is 29.9 Å². The molecule has 0 aliphatic carbocycles. The summed E-state index contributed by atoms with van der Waals surface area (Å²) in [6, 6.07) is 4.16. The van der Waals surface area contributed by atoms with Gasteiger partial charge in [0, 0.05) is 24.9 Å². The minimum atomic E-state index is -0.502. The van der Waals surface area contributed by atoms with Gasteiger partial charge in [0.25, 0.3) is 11.6 Å². The largest absolute Gasteiger partial charge is 0.355 e. The lowest BCUT2D eigenvalue weighted by Crippen LogP contribution is -2.18. The molecule has 0 radical (unpaired) electrons. The first kappa shape index (κ1) is 13.5. The van der Waals surface area contributed by atoms with E-state index in [1.54, 1.807) is 12.4 Å². The van der Waals surface area contributed by atoms with E-state index in [9.17, 15) is 14.9 Å². The minimum absolute atomic E-state index is 0.104. The molecular formula is C11H9IN4O3. The molecule has 0 saturated heterocycles. The summed E-state index contributed by atoms with van der Waals surface area (Å²) in [5.41, 5.74) is 0.495. The number of nitrogens with one attached hydrogen (secondary N) is 1. The fourth-order valence-corrected chi connectivity index (χ4v) is 1.97. The molecule has 0 saturated carbocycles. The predicted octanol–water partition coefficient (Wildman–Crippen LogP) is 1.74. The number of carbonyl (C=O) groups excluding carboxylic acids is 1. The first-order chi connectivity index (χ1) is 9.02. The summed E-state index contributed by atoms with van der Waals surface area (Å²) < 4.78 is 2.23. The van der Waals surface area contributed by atoms with Gasteiger partial charge in [-0.3, -0.25) is 14.9 Å². The first-order valence-electron chi connectivity index (χ1n) is 5.24. The second kappa shape index (κ2) is 5.34. The number of rotatable bonds is 3. The van der Waals surface area contributed by atoms with Crippen molar-refractivity contribution in [2.75, 3.05) is 7.05 Å². The molecule has 1 heterocycles. The summed E-state index contributed by atoms with van der Waals surface area (Å²) in [6.07, 6.45) is 3.23. The van der Waals surface area contributed by atoms with Crippen molar-refractivity contribution >= 4 is 34.2 Å². The number of amides is 1. The highest BCUT2D eigenvalue weighted by molar-refractivity contribution is 14.1. The zero-order valence-electron chi connectivity index (χ0n) is 9.83. The van der Waals surface area contributed by atoms with Crippen LogP contribution < -0.4 is 5.32 Å². The van der Waals surface area contributed by atoms with E-state index >= 15 is 0 Å². The standard InChI is InChI=1S/C11H9IN4O3/c1-13-11(17)7-2-3-9(16(18)19)10(4-7)15-6-8(12)5-14-15/h2-6H,1H3,(H,13,17). The van der Waals surface area contributed by atoms with Gasteiger partial charge in [0.2, 0.25) is 0 Å². The molecule has 19 heavy (non-hydrogen) atoms. The summed E-state index contributed by atoms with van der Waals surface area (Å²) in [4.78, 5) is 22.1. The Balaban J connectivity index is 2.60. The lowest BCUT2D eigenvalue weighted by molar-refractivity contribution is -0.384. The van der Waals surface area contributed by atoms with Gasteiger partial charge in [0.15, 0.2) is 0 Å². The monoisotopic (exact) mass is 372 g/mol. The Labute approximate surface area is 121 Å². The number of benzene rings is 1. The summed E-state index contributed by atoms with van der Waals surface area (Å²) in [6.45, 7) is 0. The molecule has 7 nitrogen and oxygen atoms in total. The lowest BCUT2D eigenvalue weighted by atomic mass is 10.1. The Morgan fingerprint density at radius 2 is 2.26 bits per heavy atom. The molecule has 8 heteroatoms. The molecule has 0 aliphatic heterocycles. The van der Waals surface area contributed by atoms with Crippen LogP contribution in [0.25, 0.3) is 5.69 Å². The predicted molar refractivity (Wildman–Crippen MR) is 76.3 cm³/mol. The Morgan fingerprint density at radius 1 is 1.53 bits per heavy atom. The Morgan fingerprint density at radius 3 is 2.79 bits per heavy atom. The molecule has 2 aromatic rings.